The summed E-state index contributed by atoms with van der Waals surface area (Å²) in [6.07, 6.45) is 1.88. The van der Waals surface area contributed by atoms with Crippen molar-refractivity contribution in [1.82, 2.24) is 9.55 Å². The van der Waals surface area contributed by atoms with Crippen LogP contribution in [0.25, 0.3) is 0 Å². The van der Waals surface area contributed by atoms with E-state index in [1.807, 2.05) is 0 Å². The van der Waals surface area contributed by atoms with E-state index in [2.05, 4.69) is 16.9 Å². The number of aromatic nitrogens is 2. The number of carbonyl (C=O) groups excluding carboxylic acids is 1. The smallest absolute Gasteiger partial charge is 0.279 e. The van der Waals surface area contributed by atoms with Crippen LogP contribution in [0.3, 0.4) is 0 Å². The van der Waals surface area contributed by atoms with Crippen molar-refractivity contribution in [2.24, 2.45) is 7.05 Å². The van der Waals surface area contributed by atoms with Crippen molar-refractivity contribution in [2.45, 2.75) is 17.5 Å². The zero-order valence-corrected chi connectivity index (χ0v) is 15.7. The van der Waals surface area contributed by atoms with Crippen LogP contribution in [-0.2, 0) is 11.8 Å². The largest absolute Gasteiger partial charge is 0.312 e. The number of carbonyl (C=O) groups is 1. The highest BCUT2D eigenvalue weighted by Gasteiger charge is 2.32. The molecule has 0 saturated heterocycles. The fourth-order valence-corrected chi connectivity index (χ4v) is 3.82. The molecule has 1 unspecified atom stereocenters. The quantitative estimate of drug-likeness (QED) is 0.485. The molecule has 1 aromatic carbocycles. The molecule has 0 saturated carbocycles. The van der Waals surface area contributed by atoms with Crippen molar-refractivity contribution in [3.63, 3.8) is 0 Å². The molecule has 0 fully saturated rings. The van der Waals surface area contributed by atoms with Gasteiger partial charge in [-0.1, -0.05) is 47.1 Å². The summed E-state index contributed by atoms with van der Waals surface area (Å²) in [5.74, 6) is 0.509. The van der Waals surface area contributed by atoms with Gasteiger partial charge in [-0.05, 0) is 17.7 Å². The zero-order valence-electron chi connectivity index (χ0n) is 13.4. The second kappa shape index (κ2) is 7.23. The van der Waals surface area contributed by atoms with Crippen LogP contribution in [0.15, 0.2) is 40.8 Å². The molecule has 8 heteroatoms. The molecule has 3 rings (SSSR count). The number of rotatable bonds is 4. The Hall–Kier alpha value is -1.76. The van der Waals surface area contributed by atoms with Crippen LogP contribution in [-0.4, -0.2) is 21.2 Å². The van der Waals surface area contributed by atoms with Crippen molar-refractivity contribution in [2.75, 3.05) is 11.1 Å². The van der Waals surface area contributed by atoms with E-state index in [1.165, 1.54) is 11.8 Å². The first-order valence-corrected chi connectivity index (χ1v) is 9.26. The first-order valence-electron chi connectivity index (χ1n) is 7.51. The van der Waals surface area contributed by atoms with E-state index in [4.69, 9.17) is 23.2 Å². The summed E-state index contributed by atoms with van der Waals surface area (Å²) in [5, 5.41) is 4.13. The maximum atomic E-state index is 12.7. The molecule has 1 N–H and O–H groups in total. The molecule has 25 heavy (non-hydrogen) atoms. The van der Waals surface area contributed by atoms with Crippen molar-refractivity contribution in [1.29, 1.82) is 0 Å². The summed E-state index contributed by atoms with van der Waals surface area (Å²) < 4.78 is 1.73. The Morgan fingerprint density at radius 2 is 2.16 bits per heavy atom. The van der Waals surface area contributed by atoms with E-state index in [0.717, 1.165) is 5.56 Å². The predicted octanol–water partition coefficient (Wildman–Crippen LogP) is 3.84. The van der Waals surface area contributed by atoms with Gasteiger partial charge in [0.2, 0.25) is 5.91 Å². The van der Waals surface area contributed by atoms with E-state index in [0.29, 0.717) is 32.3 Å². The number of nitrogens with one attached hydrogen (secondary N) is 1. The van der Waals surface area contributed by atoms with Gasteiger partial charge in [0.1, 0.15) is 5.82 Å². The lowest BCUT2D eigenvalue weighted by Gasteiger charge is -2.27. The second-order valence-electron chi connectivity index (χ2n) is 5.60. The Bertz CT molecular complexity index is 927. The number of benzene rings is 1. The topological polar surface area (TPSA) is 64.0 Å². The molecular formula is C17H15Cl2N3O2S. The van der Waals surface area contributed by atoms with Crippen molar-refractivity contribution in [3.05, 3.63) is 62.4 Å². The third kappa shape index (κ3) is 3.47. The van der Waals surface area contributed by atoms with Gasteiger partial charge in [-0.25, -0.2) is 0 Å². The van der Waals surface area contributed by atoms with Crippen LogP contribution >= 0.6 is 35.0 Å². The Morgan fingerprint density at radius 3 is 2.84 bits per heavy atom. The fraction of sp³-hybridized carbons (Fsp3) is 0.235. The number of hydrogen-bond donors (Lipinski definition) is 1. The Kier molecular flexibility index (Phi) is 5.22. The summed E-state index contributed by atoms with van der Waals surface area (Å²) in [5.41, 5.74) is 0.870. The minimum Gasteiger partial charge on any atom is -0.312 e. The molecule has 2 aromatic rings. The lowest BCUT2D eigenvalue weighted by atomic mass is 9.87. The molecule has 1 aromatic heterocycles. The third-order valence-electron chi connectivity index (χ3n) is 3.98. The first kappa shape index (κ1) is 18.0. The van der Waals surface area contributed by atoms with Gasteiger partial charge in [0.05, 0.1) is 15.6 Å². The van der Waals surface area contributed by atoms with Gasteiger partial charge in [0.25, 0.3) is 5.56 Å². The van der Waals surface area contributed by atoms with Crippen LogP contribution < -0.4 is 10.9 Å². The molecule has 1 atom stereocenters. The van der Waals surface area contributed by atoms with E-state index in [9.17, 15) is 9.59 Å². The van der Waals surface area contributed by atoms with Crippen LogP contribution in [0.4, 0.5) is 5.82 Å². The van der Waals surface area contributed by atoms with Crippen LogP contribution in [0.2, 0.25) is 10.0 Å². The molecule has 0 spiro atoms. The van der Waals surface area contributed by atoms with Crippen LogP contribution in [0.5, 0.6) is 0 Å². The molecule has 130 valence electrons. The molecule has 1 amide bonds. The Balaban J connectivity index is 2.16. The summed E-state index contributed by atoms with van der Waals surface area (Å²) in [7, 11) is 1.77. The van der Waals surface area contributed by atoms with E-state index < -0.39 is 5.92 Å². The molecule has 0 radical (unpaired) electrons. The van der Waals surface area contributed by atoms with Crippen LogP contribution in [0, 0.1) is 0 Å². The number of thioether (sulfide) groups is 1. The number of hydrogen-bond acceptors (Lipinski definition) is 4. The molecule has 1 aliphatic rings. The minimum absolute atomic E-state index is 0.154. The highest BCUT2D eigenvalue weighted by molar-refractivity contribution is 7.99. The number of halogens is 2. The number of amides is 1. The normalized spacial score (nSPS) is 16.3. The molecule has 0 aliphatic carbocycles. The first-order chi connectivity index (χ1) is 11.9. The Labute approximate surface area is 159 Å². The molecular weight excluding hydrogens is 381 g/mol. The van der Waals surface area contributed by atoms with Gasteiger partial charge in [0, 0.05) is 25.1 Å². The molecule has 5 nitrogen and oxygen atoms in total. The number of anilines is 1. The zero-order chi connectivity index (χ0) is 18.1. The van der Waals surface area contributed by atoms with Gasteiger partial charge < -0.3 is 9.88 Å². The van der Waals surface area contributed by atoms with Crippen molar-refractivity contribution >= 4 is 46.7 Å². The van der Waals surface area contributed by atoms with Gasteiger partial charge in [-0.15, -0.1) is 6.58 Å². The fourth-order valence-electron chi connectivity index (χ4n) is 2.81. The van der Waals surface area contributed by atoms with Crippen LogP contribution in [0.1, 0.15) is 23.5 Å². The van der Waals surface area contributed by atoms with E-state index in [1.54, 1.807) is 35.9 Å². The summed E-state index contributed by atoms with van der Waals surface area (Å²) >= 11 is 13.5. The third-order valence-corrected chi connectivity index (χ3v) is 5.74. The summed E-state index contributed by atoms with van der Waals surface area (Å²) in [6.45, 7) is 3.67. The Morgan fingerprint density at radius 1 is 1.40 bits per heavy atom. The SMILES string of the molecule is C=CCSc1nc(=O)c2c(n1C)NC(=O)CC2c1ccc(Cl)c(Cl)c1. The monoisotopic (exact) mass is 395 g/mol. The van der Waals surface area contributed by atoms with E-state index in [-0.39, 0.29) is 17.9 Å². The average molecular weight is 396 g/mol. The second-order valence-corrected chi connectivity index (χ2v) is 7.40. The number of nitrogens with zero attached hydrogens (tertiary/aromatic N) is 2. The maximum absolute atomic E-state index is 12.7. The molecule has 0 bridgehead atoms. The lowest BCUT2D eigenvalue weighted by Crippen LogP contribution is -2.33. The van der Waals surface area contributed by atoms with Gasteiger partial charge in [-0.2, -0.15) is 4.98 Å². The van der Waals surface area contributed by atoms with Gasteiger partial charge in [0.15, 0.2) is 5.16 Å². The molecule has 1 aliphatic heterocycles. The average Bonchev–Trinajstić information content (AvgIpc) is 2.58. The van der Waals surface area contributed by atoms with Crippen molar-refractivity contribution < 1.29 is 4.79 Å². The minimum atomic E-state index is -0.414. The summed E-state index contributed by atoms with van der Waals surface area (Å²) in [4.78, 5) is 29.1. The molecule has 2 heterocycles. The van der Waals surface area contributed by atoms with Gasteiger partial charge in [-0.3, -0.25) is 9.59 Å². The highest BCUT2D eigenvalue weighted by Crippen LogP contribution is 2.37. The lowest BCUT2D eigenvalue weighted by molar-refractivity contribution is -0.116. The number of fused-ring (bicyclic) bond motifs is 1. The predicted molar refractivity (Wildman–Crippen MR) is 102 cm³/mol. The maximum Gasteiger partial charge on any atom is 0.279 e. The van der Waals surface area contributed by atoms with Crippen molar-refractivity contribution in [3.8, 4) is 0 Å². The highest BCUT2D eigenvalue weighted by atomic mass is 35.5. The summed E-state index contributed by atoms with van der Waals surface area (Å²) in [6, 6.07) is 5.13. The standard InChI is InChI=1S/C17H15Cl2N3O2S/c1-3-6-25-17-21-16(24)14-10(8-13(23)20-15(14)22(17)2)9-4-5-11(18)12(19)7-9/h3-5,7,10H,1,6,8H2,2H3,(H,20,23). The van der Waals surface area contributed by atoms with Gasteiger partial charge >= 0.3 is 0 Å². The van der Waals surface area contributed by atoms with E-state index >= 15 is 0 Å².